The summed E-state index contributed by atoms with van der Waals surface area (Å²) in [7, 11) is 2.99. The van der Waals surface area contributed by atoms with E-state index >= 15 is 0 Å². The van der Waals surface area contributed by atoms with Crippen molar-refractivity contribution >= 4 is 23.4 Å². The molecule has 3 N–H and O–H groups in total. The number of nitrogens with one attached hydrogen (secondary N) is 2. The Hall–Kier alpha value is -3.75. The van der Waals surface area contributed by atoms with E-state index in [0.29, 0.717) is 48.7 Å². The molecule has 1 saturated heterocycles. The summed E-state index contributed by atoms with van der Waals surface area (Å²) < 4.78 is 10.3. The van der Waals surface area contributed by atoms with Gasteiger partial charge in [0.2, 0.25) is 11.8 Å². The first-order valence-electron chi connectivity index (χ1n) is 10.3. The van der Waals surface area contributed by atoms with Crippen LogP contribution >= 0.6 is 0 Å². The fourth-order valence-electron chi connectivity index (χ4n) is 3.55. The van der Waals surface area contributed by atoms with Crippen molar-refractivity contribution in [1.82, 2.24) is 10.2 Å². The predicted molar refractivity (Wildman–Crippen MR) is 118 cm³/mol. The van der Waals surface area contributed by atoms with Crippen molar-refractivity contribution in [3.05, 3.63) is 48.0 Å². The number of ether oxygens (including phenoxy) is 2. The monoisotopic (exact) mass is 441 g/mol. The van der Waals surface area contributed by atoms with E-state index in [1.54, 1.807) is 41.3 Å². The van der Waals surface area contributed by atoms with Gasteiger partial charge in [0.25, 0.3) is 5.91 Å². The van der Waals surface area contributed by atoms with Gasteiger partial charge < -0.3 is 30.1 Å². The van der Waals surface area contributed by atoms with Crippen LogP contribution in [-0.4, -0.2) is 61.6 Å². The summed E-state index contributed by atoms with van der Waals surface area (Å²) in [6.45, 7) is 0.704. The second kappa shape index (κ2) is 10.5. The number of phenols is 1. The van der Waals surface area contributed by atoms with E-state index in [2.05, 4.69) is 10.6 Å². The molecule has 0 aromatic heterocycles. The third-order valence-corrected chi connectivity index (χ3v) is 5.43. The van der Waals surface area contributed by atoms with Crippen LogP contribution < -0.4 is 20.1 Å². The number of piperidine rings is 1. The zero-order valence-corrected chi connectivity index (χ0v) is 18.1. The Morgan fingerprint density at radius 2 is 1.72 bits per heavy atom. The standard InChI is InChI=1S/C23H27N3O6/c1-31-19-8-7-16(13-20(19)32-2)22(29)24-14-21(28)26-11-9-15(10-12-26)23(30)25-17-5-3-4-6-18(17)27/h3-8,13,15,27H,9-12,14H2,1-2H3,(H,24,29)(H,25,30). The number of carbonyl (C=O) groups excluding carboxylic acids is 3. The number of hydrogen-bond donors (Lipinski definition) is 3. The van der Waals surface area contributed by atoms with E-state index in [1.165, 1.54) is 20.3 Å². The van der Waals surface area contributed by atoms with Crippen LogP contribution in [0.15, 0.2) is 42.5 Å². The van der Waals surface area contributed by atoms with Crippen LogP contribution in [-0.2, 0) is 9.59 Å². The van der Waals surface area contributed by atoms with Crippen molar-refractivity contribution in [2.45, 2.75) is 12.8 Å². The van der Waals surface area contributed by atoms with Crippen LogP contribution in [0.1, 0.15) is 23.2 Å². The van der Waals surface area contributed by atoms with Crippen LogP contribution in [0.25, 0.3) is 0 Å². The number of amides is 3. The second-order valence-corrected chi connectivity index (χ2v) is 7.41. The molecule has 1 heterocycles. The van der Waals surface area contributed by atoms with E-state index in [9.17, 15) is 19.5 Å². The van der Waals surface area contributed by atoms with Crippen molar-refractivity contribution in [1.29, 1.82) is 0 Å². The molecule has 2 aromatic rings. The molecule has 32 heavy (non-hydrogen) atoms. The number of aromatic hydroxyl groups is 1. The number of nitrogens with zero attached hydrogens (tertiary/aromatic N) is 1. The zero-order chi connectivity index (χ0) is 23.1. The van der Waals surface area contributed by atoms with Crippen molar-refractivity contribution in [2.24, 2.45) is 5.92 Å². The van der Waals surface area contributed by atoms with E-state index in [0.717, 1.165) is 0 Å². The van der Waals surface area contributed by atoms with E-state index in [4.69, 9.17) is 9.47 Å². The molecular weight excluding hydrogens is 414 g/mol. The van der Waals surface area contributed by atoms with Crippen LogP contribution in [0.5, 0.6) is 17.2 Å². The van der Waals surface area contributed by atoms with Crippen LogP contribution in [0.2, 0.25) is 0 Å². The van der Waals surface area contributed by atoms with Crippen molar-refractivity contribution in [3.8, 4) is 17.2 Å². The Balaban J connectivity index is 1.47. The number of carbonyl (C=O) groups is 3. The molecule has 3 amide bonds. The molecule has 9 nitrogen and oxygen atoms in total. The lowest BCUT2D eigenvalue weighted by Crippen LogP contribution is -2.45. The van der Waals surface area contributed by atoms with E-state index < -0.39 is 5.91 Å². The topological polar surface area (TPSA) is 117 Å². The first kappa shape index (κ1) is 22.9. The number of methoxy groups -OCH3 is 2. The molecule has 3 rings (SSSR count). The van der Waals surface area contributed by atoms with Gasteiger partial charge in [-0.2, -0.15) is 0 Å². The maximum absolute atomic E-state index is 12.5. The molecule has 0 unspecified atom stereocenters. The Morgan fingerprint density at radius 3 is 2.38 bits per heavy atom. The minimum atomic E-state index is -0.392. The van der Waals surface area contributed by atoms with Gasteiger partial charge >= 0.3 is 0 Å². The van der Waals surface area contributed by atoms with Gasteiger partial charge in [-0.15, -0.1) is 0 Å². The summed E-state index contributed by atoms with van der Waals surface area (Å²) in [4.78, 5) is 39.0. The van der Waals surface area contributed by atoms with Gasteiger partial charge in [0.1, 0.15) is 5.75 Å². The highest BCUT2D eigenvalue weighted by Gasteiger charge is 2.28. The number of para-hydroxylation sites is 2. The predicted octanol–water partition coefficient (Wildman–Crippen LogP) is 2.02. The van der Waals surface area contributed by atoms with Crippen molar-refractivity contribution in [3.63, 3.8) is 0 Å². The van der Waals surface area contributed by atoms with Crippen LogP contribution in [0.3, 0.4) is 0 Å². The molecule has 1 aliphatic rings. The average molecular weight is 441 g/mol. The largest absolute Gasteiger partial charge is 0.506 e. The first-order valence-corrected chi connectivity index (χ1v) is 10.3. The van der Waals surface area contributed by atoms with Crippen molar-refractivity contribution in [2.75, 3.05) is 39.2 Å². The van der Waals surface area contributed by atoms with Gasteiger partial charge in [-0.05, 0) is 43.2 Å². The zero-order valence-electron chi connectivity index (χ0n) is 18.1. The third-order valence-electron chi connectivity index (χ3n) is 5.43. The number of rotatable bonds is 7. The van der Waals surface area contributed by atoms with Crippen LogP contribution in [0.4, 0.5) is 5.69 Å². The molecule has 9 heteroatoms. The number of phenolic OH excluding ortho intramolecular Hbond substituents is 1. The normalized spacial score (nSPS) is 13.9. The summed E-state index contributed by atoms with van der Waals surface area (Å²) in [6.07, 6.45) is 1.02. The molecule has 0 saturated carbocycles. The molecular formula is C23H27N3O6. The molecule has 2 aromatic carbocycles. The fourth-order valence-corrected chi connectivity index (χ4v) is 3.55. The highest BCUT2D eigenvalue weighted by Crippen LogP contribution is 2.27. The lowest BCUT2D eigenvalue weighted by Gasteiger charge is -2.31. The smallest absolute Gasteiger partial charge is 0.251 e. The first-order chi connectivity index (χ1) is 15.4. The summed E-state index contributed by atoms with van der Waals surface area (Å²) in [5.41, 5.74) is 0.726. The molecule has 0 bridgehead atoms. The lowest BCUT2D eigenvalue weighted by atomic mass is 9.95. The van der Waals surface area contributed by atoms with Gasteiger partial charge in [0.15, 0.2) is 11.5 Å². The van der Waals surface area contributed by atoms with Crippen LogP contribution in [0, 0.1) is 5.92 Å². The van der Waals surface area contributed by atoms with Crippen molar-refractivity contribution < 1.29 is 29.0 Å². The highest BCUT2D eigenvalue weighted by molar-refractivity contribution is 5.97. The Bertz CT molecular complexity index is 985. The van der Waals surface area contributed by atoms with Gasteiger partial charge in [0.05, 0.1) is 26.5 Å². The fraction of sp³-hybridized carbons (Fsp3) is 0.348. The highest BCUT2D eigenvalue weighted by atomic mass is 16.5. The summed E-state index contributed by atoms with van der Waals surface area (Å²) in [6, 6.07) is 11.3. The molecule has 0 aliphatic carbocycles. The number of benzene rings is 2. The molecule has 1 aliphatic heterocycles. The summed E-state index contributed by atoms with van der Waals surface area (Å²) >= 11 is 0. The van der Waals surface area contributed by atoms with E-state index in [-0.39, 0.29) is 30.0 Å². The van der Waals surface area contributed by atoms with Gasteiger partial charge in [-0.25, -0.2) is 0 Å². The Kier molecular flexibility index (Phi) is 7.54. The number of hydrogen-bond acceptors (Lipinski definition) is 6. The molecule has 0 radical (unpaired) electrons. The SMILES string of the molecule is COc1ccc(C(=O)NCC(=O)N2CCC(C(=O)Nc3ccccc3O)CC2)cc1OC. The summed E-state index contributed by atoms with van der Waals surface area (Å²) in [5, 5.41) is 15.2. The lowest BCUT2D eigenvalue weighted by molar-refractivity contribution is -0.133. The van der Waals surface area contributed by atoms with Gasteiger partial charge in [-0.1, -0.05) is 12.1 Å². The molecule has 170 valence electrons. The molecule has 0 atom stereocenters. The number of anilines is 1. The third kappa shape index (κ3) is 5.48. The molecule has 1 fully saturated rings. The maximum Gasteiger partial charge on any atom is 0.251 e. The van der Waals surface area contributed by atoms with E-state index in [1.807, 2.05) is 0 Å². The average Bonchev–Trinajstić information content (AvgIpc) is 2.83. The maximum atomic E-state index is 12.5. The van der Waals surface area contributed by atoms with Gasteiger partial charge in [0, 0.05) is 24.6 Å². The Morgan fingerprint density at radius 1 is 1.03 bits per heavy atom. The summed E-state index contributed by atoms with van der Waals surface area (Å²) in [5.74, 6) is -0.0844. The molecule has 0 spiro atoms. The minimum absolute atomic E-state index is 0.0127. The Labute approximate surface area is 186 Å². The number of likely N-dealkylation sites (tertiary alicyclic amines) is 1. The second-order valence-electron chi connectivity index (χ2n) is 7.41. The quantitative estimate of drug-likeness (QED) is 0.566. The van der Waals surface area contributed by atoms with Gasteiger partial charge in [-0.3, -0.25) is 14.4 Å². The minimum Gasteiger partial charge on any atom is -0.506 e.